The van der Waals surface area contributed by atoms with Crippen LogP contribution < -0.4 is 14.9 Å². The summed E-state index contributed by atoms with van der Waals surface area (Å²) in [6.45, 7) is 1.89. The van der Waals surface area contributed by atoms with Gasteiger partial charge in [0.15, 0.2) is 0 Å². The molecule has 0 fully saturated rings. The second-order valence-electron chi connectivity index (χ2n) is 4.36. The molecule has 5 heteroatoms. The van der Waals surface area contributed by atoms with E-state index in [2.05, 4.69) is 10.5 Å². The van der Waals surface area contributed by atoms with Crippen molar-refractivity contribution in [1.29, 1.82) is 0 Å². The van der Waals surface area contributed by atoms with Gasteiger partial charge in [0, 0.05) is 5.56 Å². The van der Waals surface area contributed by atoms with Gasteiger partial charge in [0.2, 0.25) is 0 Å². The summed E-state index contributed by atoms with van der Waals surface area (Å²) < 4.78 is 10.6. The Hall–Kier alpha value is -2.20. The first kappa shape index (κ1) is 15.2. The molecule has 0 spiro atoms. The summed E-state index contributed by atoms with van der Waals surface area (Å²) in [5.74, 6) is 1.48. The quantitative estimate of drug-likeness (QED) is 0.665. The van der Waals surface area contributed by atoms with Crippen LogP contribution in [-0.4, -0.2) is 19.9 Å². The van der Waals surface area contributed by atoms with Crippen molar-refractivity contribution in [3.05, 3.63) is 53.1 Å². The molecule has 0 saturated heterocycles. The molecule has 21 heavy (non-hydrogen) atoms. The van der Waals surface area contributed by atoms with E-state index in [-0.39, 0.29) is 0 Å². The lowest BCUT2D eigenvalue weighted by atomic mass is 10.1. The zero-order chi connectivity index (χ0) is 15.2. The SMILES string of the molecule is COc1ccc(OC)c(/C(C)=N\Nc2ccccc2Cl)c1. The third kappa shape index (κ3) is 3.67. The number of nitrogens with one attached hydrogen (secondary N) is 1. The van der Waals surface area contributed by atoms with Crippen LogP contribution in [0.1, 0.15) is 12.5 Å². The van der Waals surface area contributed by atoms with E-state index >= 15 is 0 Å². The van der Waals surface area contributed by atoms with Gasteiger partial charge in [0.05, 0.1) is 30.6 Å². The van der Waals surface area contributed by atoms with Crippen molar-refractivity contribution in [3.63, 3.8) is 0 Å². The van der Waals surface area contributed by atoms with Gasteiger partial charge in [0.25, 0.3) is 0 Å². The molecule has 0 heterocycles. The topological polar surface area (TPSA) is 42.9 Å². The molecule has 2 aromatic carbocycles. The van der Waals surface area contributed by atoms with Crippen LogP contribution in [-0.2, 0) is 0 Å². The molecule has 0 radical (unpaired) electrons. The fourth-order valence-electron chi connectivity index (χ4n) is 1.85. The number of anilines is 1. The maximum Gasteiger partial charge on any atom is 0.128 e. The average Bonchev–Trinajstić information content (AvgIpc) is 2.53. The van der Waals surface area contributed by atoms with E-state index < -0.39 is 0 Å². The summed E-state index contributed by atoms with van der Waals surface area (Å²) in [6, 6.07) is 13.0. The van der Waals surface area contributed by atoms with Crippen LogP contribution in [0.15, 0.2) is 47.6 Å². The number of hydrogen-bond donors (Lipinski definition) is 1. The normalized spacial score (nSPS) is 11.1. The lowest BCUT2D eigenvalue weighted by Crippen LogP contribution is -2.03. The predicted molar refractivity (Wildman–Crippen MR) is 86.8 cm³/mol. The van der Waals surface area contributed by atoms with Crippen LogP contribution >= 0.6 is 11.6 Å². The van der Waals surface area contributed by atoms with E-state index in [1.54, 1.807) is 20.3 Å². The summed E-state index contributed by atoms with van der Waals surface area (Å²) in [5.41, 5.74) is 5.34. The van der Waals surface area contributed by atoms with Crippen molar-refractivity contribution < 1.29 is 9.47 Å². The second-order valence-corrected chi connectivity index (χ2v) is 4.76. The summed E-state index contributed by atoms with van der Waals surface area (Å²) in [5, 5.41) is 4.97. The number of methoxy groups -OCH3 is 2. The highest BCUT2D eigenvalue weighted by Gasteiger charge is 2.08. The third-order valence-electron chi connectivity index (χ3n) is 3.01. The number of benzene rings is 2. The second kappa shape index (κ2) is 6.99. The lowest BCUT2D eigenvalue weighted by molar-refractivity contribution is 0.402. The molecule has 0 aliphatic carbocycles. The minimum absolute atomic E-state index is 0.617. The Labute approximate surface area is 129 Å². The first-order valence-corrected chi connectivity index (χ1v) is 6.80. The van der Waals surface area contributed by atoms with E-state index in [1.807, 2.05) is 43.3 Å². The van der Waals surface area contributed by atoms with Crippen LogP contribution in [0.4, 0.5) is 5.69 Å². The molecular weight excluding hydrogens is 288 g/mol. The van der Waals surface area contributed by atoms with Crippen molar-refractivity contribution >= 4 is 23.0 Å². The number of halogens is 1. The summed E-state index contributed by atoms with van der Waals surface area (Å²) >= 11 is 6.08. The smallest absolute Gasteiger partial charge is 0.128 e. The van der Waals surface area contributed by atoms with Crippen molar-refractivity contribution in [2.24, 2.45) is 5.10 Å². The molecule has 0 atom stereocenters. The van der Waals surface area contributed by atoms with Gasteiger partial charge in [-0.2, -0.15) is 5.10 Å². The molecule has 0 aliphatic heterocycles. The molecular formula is C16H17ClN2O2. The Balaban J connectivity index is 2.28. The fourth-order valence-corrected chi connectivity index (χ4v) is 2.03. The Morgan fingerprint density at radius 3 is 2.52 bits per heavy atom. The molecule has 110 valence electrons. The monoisotopic (exact) mass is 304 g/mol. The highest BCUT2D eigenvalue weighted by Crippen LogP contribution is 2.25. The fraction of sp³-hybridized carbons (Fsp3) is 0.188. The van der Waals surface area contributed by atoms with E-state index in [4.69, 9.17) is 21.1 Å². The first-order valence-electron chi connectivity index (χ1n) is 6.43. The number of para-hydroxylation sites is 1. The third-order valence-corrected chi connectivity index (χ3v) is 3.34. The lowest BCUT2D eigenvalue weighted by Gasteiger charge is -2.11. The van der Waals surface area contributed by atoms with Gasteiger partial charge in [-0.3, -0.25) is 5.43 Å². The van der Waals surface area contributed by atoms with Crippen LogP contribution in [0.2, 0.25) is 5.02 Å². The zero-order valence-electron chi connectivity index (χ0n) is 12.2. The molecule has 0 saturated carbocycles. The highest BCUT2D eigenvalue weighted by atomic mass is 35.5. The molecule has 0 aliphatic rings. The van der Waals surface area contributed by atoms with E-state index in [0.29, 0.717) is 5.02 Å². The van der Waals surface area contributed by atoms with E-state index in [0.717, 1.165) is 28.5 Å². The molecule has 2 rings (SSSR count). The molecule has 0 unspecified atom stereocenters. The largest absolute Gasteiger partial charge is 0.497 e. The first-order chi connectivity index (χ1) is 10.2. The molecule has 0 amide bonds. The van der Waals surface area contributed by atoms with Crippen molar-refractivity contribution in [2.75, 3.05) is 19.6 Å². The van der Waals surface area contributed by atoms with Gasteiger partial charge in [-0.1, -0.05) is 23.7 Å². The summed E-state index contributed by atoms with van der Waals surface area (Å²) in [7, 11) is 3.25. The maximum atomic E-state index is 6.08. The number of ether oxygens (including phenoxy) is 2. The Morgan fingerprint density at radius 2 is 1.86 bits per heavy atom. The minimum Gasteiger partial charge on any atom is -0.497 e. The van der Waals surface area contributed by atoms with Gasteiger partial charge in [-0.15, -0.1) is 0 Å². The van der Waals surface area contributed by atoms with Crippen LogP contribution in [0.3, 0.4) is 0 Å². The van der Waals surface area contributed by atoms with Gasteiger partial charge in [0.1, 0.15) is 11.5 Å². The number of hydrazone groups is 1. The van der Waals surface area contributed by atoms with Crippen LogP contribution in [0, 0.1) is 0 Å². The highest BCUT2D eigenvalue weighted by molar-refractivity contribution is 6.33. The van der Waals surface area contributed by atoms with E-state index in [9.17, 15) is 0 Å². The van der Waals surface area contributed by atoms with Gasteiger partial charge in [-0.05, 0) is 37.3 Å². The van der Waals surface area contributed by atoms with Gasteiger partial charge < -0.3 is 9.47 Å². The van der Waals surface area contributed by atoms with Crippen LogP contribution in [0.5, 0.6) is 11.5 Å². The standard InChI is InChI=1S/C16H17ClN2O2/c1-11(18-19-15-7-5-4-6-14(15)17)13-10-12(20-2)8-9-16(13)21-3/h4-10,19H,1-3H3/b18-11-. The average molecular weight is 305 g/mol. The Morgan fingerprint density at radius 1 is 1.10 bits per heavy atom. The molecule has 0 aromatic heterocycles. The minimum atomic E-state index is 0.617. The number of nitrogens with zero attached hydrogens (tertiary/aromatic N) is 1. The van der Waals surface area contributed by atoms with Crippen molar-refractivity contribution in [2.45, 2.75) is 6.92 Å². The Kier molecular flexibility index (Phi) is 5.06. The molecule has 0 bridgehead atoms. The summed E-state index contributed by atoms with van der Waals surface area (Å²) in [4.78, 5) is 0. The van der Waals surface area contributed by atoms with Crippen molar-refractivity contribution in [1.82, 2.24) is 0 Å². The molecule has 4 nitrogen and oxygen atoms in total. The zero-order valence-corrected chi connectivity index (χ0v) is 12.9. The molecule has 1 N–H and O–H groups in total. The number of rotatable bonds is 5. The number of hydrogen-bond acceptors (Lipinski definition) is 4. The maximum absolute atomic E-state index is 6.08. The van der Waals surface area contributed by atoms with E-state index in [1.165, 1.54) is 0 Å². The van der Waals surface area contributed by atoms with Gasteiger partial charge in [-0.25, -0.2) is 0 Å². The summed E-state index contributed by atoms with van der Waals surface area (Å²) in [6.07, 6.45) is 0. The van der Waals surface area contributed by atoms with Crippen LogP contribution in [0.25, 0.3) is 0 Å². The van der Waals surface area contributed by atoms with Gasteiger partial charge >= 0.3 is 0 Å². The molecule has 2 aromatic rings. The Bertz CT molecular complexity index is 656. The van der Waals surface area contributed by atoms with Crippen molar-refractivity contribution in [3.8, 4) is 11.5 Å². The predicted octanol–water partition coefficient (Wildman–Crippen LogP) is 4.19.